The quantitative estimate of drug-likeness (QED) is 0.372. The SMILES string of the molecule is COc1ccccc1CN1C(=O)C(=O)/C(=C(/O)c2cc(C)ccc2C)C1c1ccccn1. The number of aromatic nitrogens is 1. The van der Waals surface area contributed by atoms with Crippen molar-refractivity contribution in [3.05, 3.63) is 100 Å². The average Bonchev–Trinajstić information content (AvgIpc) is 3.06. The number of methoxy groups -OCH3 is 1. The van der Waals surface area contributed by atoms with Crippen LogP contribution in [0.4, 0.5) is 0 Å². The molecule has 0 saturated carbocycles. The molecule has 1 aromatic heterocycles. The number of hydrogen-bond donors (Lipinski definition) is 1. The number of pyridine rings is 1. The smallest absolute Gasteiger partial charge is 0.296 e. The van der Waals surface area contributed by atoms with E-state index < -0.39 is 17.7 Å². The molecule has 1 aliphatic heterocycles. The Morgan fingerprint density at radius 1 is 1.06 bits per heavy atom. The number of aliphatic hydroxyl groups is 1. The molecule has 1 fully saturated rings. The standard InChI is InChI=1S/C26H24N2O4/c1-16-11-12-17(2)19(14-16)24(29)22-23(20-9-6-7-13-27-20)28(26(31)25(22)30)15-18-8-4-5-10-21(18)32-3/h4-14,23,29H,15H2,1-3H3/b24-22+. The van der Waals surface area contributed by atoms with Gasteiger partial charge >= 0.3 is 0 Å². The topological polar surface area (TPSA) is 79.7 Å². The maximum absolute atomic E-state index is 13.2. The number of carbonyl (C=O) groups is 2. The lowest BCUT2D eigenvalue weighted by Gasteiger charge is -2.25. The number of amides is 1. The highest BCUT2D eigenvalue weighted by Gasteiger charge is 2.47. The van der Waals surface area contributed by atoms with Crippen molar-refractivity contribution in [3.63, 3.8) is 0 Å². The predicted molar refractivity (Wildman–Crippen MR) is 121 cm³/mol. The van der Waals surface area contributed by atoms with Crippen LogP contribution in [0, 0.1) is 13.8 Å². The summed E-state index contributed by atoms with van der Waals surface area (Å²) in [6.45, 7) is 3.90. The minimum Gasteiger partial charge on any atom is -0.507 e. The Kier molecular flexibility index (Phi) is 5.77. The first kappa shape index (κ1) is 21.3. The van der Waals surface area contributed by atoms with Gasteiger partial charge in [0.25, 0.3) is 11.7 Å². The summed E-state index contributed by atoms with van der Waals surface area (Å²) in [7, 11) is 1.56. The number of aryl methyl sites for hydroxylation is 2. The molecule has 1 amide bonds. The summed E-state index contributed by atoms with van der Waals surface area (Å²) in [5, 5.41) is 11.3. The first-order chi connectivity index (χ1) is 15.4. The number of Topliss-reactive ketones (excluding diaryl/α,β-unsaturated/α-hetero) is 1. The van der Waals surface area contributed by atoms with Crippen LogP contribution in [0.5, 0.6) is 5.75 Å². The van der Waals surface area contributed by atoms with Crippen molar-refractivity contribution in [2.75, 3.05) is 7.11 Å². The van der Waals surface area contributed by atoms with Crippen LogP contribution in [0.25, 0.3) is 5.76 Å². The zero-order valence-corrected chi connectivity index (χ0v) is 18.2. The summed E-state index contributed by atoms with van der Waals surface area (Å²) < 4.78 is 5.43. The number of ketones is 1. The van der Waals surface area contributed by atoms with Crippen molar-refractivity contribution in [1.29, 1.82) is 0 Å². The minimum absolute atomic E-state index is 0.0392. The number of ether oxygens (including phenoxy) is 1. The number of carbonyl (C=O) groups excluding carboxylic acids is 2. The third-order valence-corrected chi connectivity index (χ3v) is 5.69. The van der Waals surface area contributed by atoms with E-state index in [0.717, 1.165) is 16.7 Å². The van der Waals surface area contributed by atoms with E-state index in [1.54, 1.807) is 37.6 Å². The monoisotopic (exact) mass is 428 g/mol. The van der Waals surface area contributed by atoms with Gasteiger partial charge in [-0.05, 0) is 43.7 Å². The van der Waals surface area contributed by atoms with E-state index in [1.165, 1.54) is 4.90 Å². The molecule has 6 heteroatoms. The van der Waals surface area contributed by atoms with E-state index in [4.69, 9.17) is 4.74 Å². The van der Waals surface area contributed by atoms with Crippen molar-refractivity contribution in [2.24, 2.45) is 0 Å². The van der Waals surface area contributed by atoms with Crippen LogP contribution in [0.2, 0.25) is 0 Å². The summed E-state index contributed by atoms with van der Waals surface area (Å²) in [5.41, 5.74) is 3.58. The first-order valence-corrected chi connectivity index (χ1v) is 10.3. The molecule has 32 heavy (non-hydrogen) atoms. The van der Waals surface area contributed by atoms with Crippen molar-refractivity contribution in [2.45, 2.75) is 26.4 Å². The second-order valence-electron chi connectivity index (χ2n) is 7.81. The number of rotatable bonds is 5. The largest absolute Gasteiger partial charge is 0.507 e. The molecule has 3 aromatic rings. The van der Waals surface area contributed by atoms with Gasteiger partial charge in [0.05, 0.1) is 24.9 Å². The van der Waals surface area contributed by atoms with Crippen LogP contribution >= 0.6 is 0 Å². The van der Waals surface area contributed by atoms with Crippen molar-refractivity contribution in [1.82, 2.24) is 9.88 Å². The third kappa shape index (κ3) is 3.75. The molecule has 1 N–H and O–H groups in total. The molecular weight excluding hydrogens is 404 g/mol. The lowest BCUT2D eigenvalue weighted by molar-refractivity contribution is -0.140. The van der Waals surface area contributed by atoms with E-state index in [0.29, 0.717) is 17.0 Å². The highest BCUT2D eigenvalue weighted by molar-refractivity contribution is 6.46. The number of nitrogens with zero attached hydrogens (tertiary/aromatic N) is 2. The van der Waals surface area contributed by atoms with Crippen LogP contribution in [0.1, 0.15) is 34.0 Å². The number of hydrogen-bond acceptors (Lipinski definition) is 5. The predicted octanol–water partition coefficient (Wildman–Crippen LogP) is 4.33. The lowest BCUT2D eigenvalue weighted by Crippen LogP contribution is -2.29. The molecule has 0 radical (unpaired) electrons. The molecule has 0 bridgehead atoms. The Morgan fingerprint density at radius 2 is 1.81 bits per heavy atom. The number of benzene rings is 2. The summed E-state index contributed by atoms with van der Waals surface area (Å²) in [6, 6.07) is 17.5. The van der Waals surface area contributed by atoms with Crippen LogP contribution in [0.3, 0.4) is 0 Å². The van der Waals surface area contributed by atoms with Gasteiger partial charge in [0.15, 0.2) is 0 Å². The van der Waals surface area contributed by atoms with Gasteiger partial charge in [-0.1, -0.05) is 42.0 Å². The molecule has 2 aromatic carbocycles. The van der Waals surface area contributed by atoms with Crippen molar-refractivity contribution in [3.8, 4) is 5.75 Å². The van der Waals surface area contributed by atoms with Gasteiger partial charge in [0.2, 0.25) is 0 Å². The highest BCUT2D eigenvalue weighted by Crippen LogP contribution is 2.40. The van der Waals surface area contributed by atoms with Crippen molar-refractivity contribution < 1.29 is 19.4 Å². The summed E-state index contributed by atoms with van der Waals surface area (Å²) in [4.78, 5) is 32.2. The second-order valence-corrected chi connectivity index (χ2v) is 7.81. The van der Waals surface area contributed by atoms with E-state index in [2.05, 4.69) is 4.98 Å². The first-order valence-electron chi connectivity index (χ1n) is 10.3. The van der Waals surface area contributed by atoms with Crippen LogP contribution in [0.15, 0.2) is 72.4 Å². The van der Waals surface area contributed by atoms with Gasteiger partial charge in [-0.25, -0.2) is 0 Å². The van der Waals surface area contributed by atoms with Gasteiger partial charge in [0.1, 0.15) is 17.6 Å². The Balaban J connectivity index is 1.89. The van der Waals surface area contributed by atoms with Gasteiger partial charge in [-0.2, -0.15) is 0 Å². The molecule has 1 atom stereocenters. The number of likely N-dealkylation sites (tertiary alicyclic amines) is 1. The molecule has 1 unspecified atom stereocenters. The van der Waals surface area contributed by atoms with Crippen LogP contribution < -0.4 is 4.74 Å². The Labute approximate surface area is 186 Å². The van der Waals surface area contributed by atoms with Gasteiger partial charge in [-0.15, -0.1) is 0 Å². The Morgan fingerprint density at radius 3 is 2.53 bits per heavy atom. The second kappa shape index (κ2) is 8.67. The molecule has 0 aliphatic carbocycles. The van der Waals surface area contributed by atoms with E-state index in [1.807, 2.05) is 50.2 Å². The van der Waals surface area contributed by atoms with E-state index >= 15 is 0 Å². The maximum atomic E-state index is 13.2. The Bertz CT molecular complexity index is 1220. The zero-order chi connectivity index (χ0) is 22.8. The lowest BCUT2D eigenvalue weighted by atomic mass is 9.95. The van der Waals surface area contributed by atoms with Crippen LogP contribution in [-0.2, 0) is 16.1 Å². The molecule has 2 heterocycles. The molecule has 0 spiro atoms. The normalized spacial score (nSPS) is 17.6. The summed E-state index contributed by atoms with van der Waals surface area (Å²) in [5.74, 6) is -0.987. The van der Waals surface area contributed by atoms with Gasteiger partial charge < -0.3 is 14.7 Å². The Hall–Kier alpha value is -3.93. The number of aliphatic hydroxyl groups excluding tert-OH is 1. The molecular formula is C26H24N2O4. The number of para-hydroxylation sites is 1. The molecule has 6 nitrogen and oxygen atoms in total. The van der Waals surface area contributed by atoms with Crippen LogP contribution in [-0.4, -0.2) is 33.8 Å². The summed E-state index contributed by atoms with van der Waals surface area (Å²) in [6.07, 6.45) is 1.61. The molecule has 1 aliphatic rings. The fraction of sp³-hybridized carbons (Fsp3) is 0.192. The van der Waals surface area contributed by atoms with Gasteiger partial charge in [0, 0.05) is 17.3 Å². The zero-order valence-electron chi connectivity index (χ0n) is 18.2. The highest BCUT2D eigenvalue weighted by atomic mass is 16.5. The maximum Gasteiger partial charge on any atom is 0.296 e. The molecule has 162 valence electrons. The average molecular weight is 428 g/mol. The van der Waals surface area contributed by atoms with E-state index in [9.17, 15) is 14.7 Å². The molecule has 4 rings (SSSR count). The third-order valence-electron chi connectivity index (χ3n) is 5.69. The van der Waals surface area contributed by atoms with Gasteiger partial charge in [-0.3, -0.25) is 14.6 Å². The van der Waals surface area contributed by atoms with E-state index in [-0.39, 0.29) is 17.9 Å². The fourth-order valence-corrected chi connectivity index (χ4v) is 4.04. The fourth-order valence-electron chi connectivity index (χ4n) is 4.04. The molecule has 1 saturated heterocycles. The summed E-state index contributed by atoms with van der Waals surface area (Å²) >= 11 is 0. The van der Waals surface area contributed by atoms with Crippen molar-refractivity contribution >= 4 is 17.4 Å². The minimum atomic E-state index is -0.818.